The molecule has 2 aliphatic rings. The minimum absolute atomic E-state index is 0.0424. The summed E-state index contributed by atoms with van der Waals surface area (Å²) in [5.41, 5.74) is 7.97. The second kappa shape index (κ2) is 10.1. The number of thiophene rings is 1. The van der Waals surface area contributed by atoms with Crippen LogP contribution in [0.1, 0.15) is 48.9 Å². The van der Waals surface area contributed by atoms with Crippen molar-refractivity contribution in [1.29, 1.82) is 5.41 Å². The predicted octanol–water partition coefficient (Wildman–Crippen LogP) is 1.12. The summed E-state index contributed by atoms with van der Waals surface area (Å²) in [6.45, 7) is 2.70. The maximum atomic E-state index is 12.7. The number of benzene rings is 1. The average molecular weight is 469 g/mol. The van der Waals surface area contributed by atoms with Crippen molar-refractivity contribution in [3.05, 3.63) is 50.7 Å². The summed E-state index contributed by atoms with van der Waals surface area (Å²) in [5.74, 6) is -0.612. The molecule has 1 aromatic heterocycles. The first-order chi connectivity index (χ1) is 15.9. The number of piperidine rings is 1. The number of rotatable bonds is 6. The molecule has 3 heterocycles. The normalized spacial score (nSPS) is 16.1. The Morgan fingerprint density at radius 3 is 2.76 bits per heavy atom. The van der Waals surface area contributed by atoms with Crippen molar-refractivity contribution in [2.45, 2.75) is 31.8 Å². The fourth-order valence-corrected chi connectivity index (χ4v) is 5.16. The predicted molar refractivity (Wildman–Crippen MR) is 128 cm³/mol. The van der Waals surface area contributed by atoms with Gasteiger partial charge in [-0.2, -0.15) is 0 Å². The Balaban J connectivity index is 1.32. The lowest BCUT2D eigenvalue weighted by atomic mass is 10.1. The quantitative estimate of drug-likeness (QED) is 0.319. The molecule has 6 N–H and O–H groups in total. The highest BCUT2D eigenvalue weighted by molar-refractivity contribution is 7.14. The smallest absolute Gasteiger partial charge is 0.261 e. The van der Waals surface area contributed by atoms with Gasteiger partial charge in [0.05, 0.1) is 11.4 Å². The van der Waals surface area contributed by atoms with Crippen molar-refractivity contribution >= 4 is 41.0 Å². The molecule has 0 saturated carbocycles. The van der Waals surface area contributed by atoms with Gasteiger partial charge >= 0.3 is 0 Å². The topological polar surface area (TPSA) is 140 Å². The van der Waals surface area contributed by atoms with Crippen LogP contribution in [0.5, 0.6) is 0 Å². The number of hydrogen-bond acceptors (Lipinski definition) is 7. The highest BCUT2D eigenvalue weighted by atomic mass is 32.1. The lowest BCUT2D eigenvalue weighted by Crippen LogP contribution is -2.42. The van der Waals surface area contributed by atoms with E-state index in [0.717, 1.165) is 42.6 Å². The molecule has 0 unspecified atom stereocenters. The van der Waals surface area contributed by atoms with Gasteiger partial charge in [-0.15, -0.1) is 11.3 Å². The summed E-state index contributed by atoms with van der Waals surface area (Å²) in [6.07, 6.45) is 3.65. The maximum Gasteiger partial charge on any atom is 0.261 e. The molecule has 33 heavy (non-hydrogen) atoms. The van der Waals surface area contributed by atoms with Gasteiger partial charge in [-0.3, -0.25) is 14.4 Å². The number of nitrogen functional groups attached to an aromatic ring is 1. The van der Waals surface area contributed by atoms with Crippen LogP contribution in [0.4, 0.5) is 5.69 Å². The zero-order chi connectivity index (χ0) is 23.4. The van der Waals surface area contributed by atoms with E-state index < -0.39 is 5.91 Å². The summed E-state index contributed by atoms with van der Waals surface area (Å²) >= 11 is 1.50. The largest absolute Gasteiger partial charge is 0.398 e. The van der Waals surface area contributed by atoms with Crippen LogP contribution < -0.4 is 21.7 Å². The zero-order valence-corrected chi connectivity index (χ0v) is 19.1. The van der Waals surface area contributed by atoms with E-state index in [0.29, 0.717) is 41.2 Å². The number of nitrogens with two attached hydrogens (primary N) is 1. The second-order valence-corrected chi connectivity index (χ2v) is 9.43. The Kier molecular flexibility index (Phi) is 7.05. The third-order valence-corrected chi connectivity index (χ3v) is 7.26. The standard InChI is InChI=1S/C23H28N6O3S/c24-11-15-9-14(1-2-18(15)25)22(31)27-12-21(30)29-8-5-19-16(13-29)10-20(33-19)23(32)28-17-3-6-26-7-4-17/h1-2,9-11,17,24,26H,3-8,12-13,25H2,(H,27,31)(H,28,32). The molecule has 0 aliphatic carbocycles. The van der Waals surface area contributed by atoms with E-state index in [1.165, 1.54) is 17.4 Å². The molecule has 1 fully saturated rings. The lowest BCUT2D eigenvalue weighted by molar-refractivity contribution is -0.131. The van der Waals surface area contributed by atoms with Crippen LogP contribution in [-0.2, 0) is 17.8 Å². The van der Waals surface area contributed by atoms with Crippen molar-refractivity contribution in [3.63, 3.8) is 0 Å². The van der Waals surface area contributed by atoms with Gasteiger partial charge in [0.15, 0.2) is 0 Å². The first-order valence-corrected chi connectivity index (χ1v) is 11.9. The molecule has 0 atom stereocenters. The van der Waals surface area contributed by atoms with Crippen LogP contribution in [0, 0.1) is 5.41 Å². The first kappa shape index (κ1) is 22.9. The first-order valence-electron chi connectivity index (χ1n) is 11.0. The third-order valence-electron chi connectivity index (χ3n) is 6.02. The SMILES string of the molecule is N=Cc1cc(C(=O)NCC(=O)N2CCc3sc(C(=O)NC4CCNCC4)cc3C2)ccc1N. The van der Waals surface area contributed by atoms with Gasteiger partial charge in [0.2, 0.25) is 5.91 Å². The molecular formula is C23H28N6O3S. The van der Waals surface area contributed by atoms with Crippen molar-refractivity contribution in [3.8, 4) is 0 Å². The Hall–Kier alpha value is -3.24. The van der Waals surface area contributed by atoms with Gasteiger partial charge in [0, 0.05) is 47.0 Å². The van der Waals surface area contributed by atoms with E-state index >= 15 is 0 Å². The van der Waals surface area contributed by atoms with Gasteiger partial charge in [0.25, 0.3) is 11.8 Å². The molecule has 2 aromatic rings. The van der Waals surface area contributed by atoms with Crippen LogP contribution in [0.2, 0.25) is 0 Å². The van der Waals surface area contributed by atoms with Crippen molar-refractivity contribution in [2.75, 3.05) is 31.9 Å². The van der Waals surface area contributed by atoms with E-state index in [4.69, 9.17) is 11.1 Å². The number of carbonyl (C=O) groups excluding carboxylic acids is 3. The highest BCUT2D eigenvalue weighted by Gasteiger charge is 2.25. The summed E-state index contributed by atoms with van der Waals surface area (Å²) in [7, 11) is 0. The van der Waals surface area contributed by atoms with Crippen LogP contribution >= 0.6 is 11.3 Å². The fourth-order valence-electron chi connectivity index (χ4n) is 4.09. The highest BCUT2D eigenvalue weighted by Crippen LogP contribution is 2.28. The summed E-state index contributed by atoms with van der Waals surface area (Å²) in [4.78, 5) is 41.3. The van der Waals surface area contributed by atoms with E-state index in [1.54, 1.807) is 17.0 Å². The molecular weight excluding hydrogens is 440 g/mol. The number of amides is 3. The Morgan fingerprint density at radius 1 is 1.21 bits per heavy atom. The number of anilines is 1. The molecule has 0 spiro atoms. The molecule has 2 aliphatic heterocycles. The van der Waals surface area contributed by atoms with Gasteiger partial charge in [-0.05, 0) is 62.2 Å². The number of carbonyl (C=O) groups is 3. The number of nitrogens with one attached hydrogen (secondary N) is 4. The Bertz CT molecular complexity index is 1080. The van der Waals surface area contributed by atoms with Gasteiger partial charge in [-0.1, -0.05) is 0 Å². The monoisotopic (exact) mass is 468 g/mol. The fraction of sp³-hybridized carbons (Fsp3) is 0.391. The maximum absolute atomic E-state index is 12.7. The van der Waals surface area contributed by atoms with Gasteiger partial charge in [0.1, 0.15) is 0 Å². The van der Waals surface area contributed by atoms with E-state index in [1.807, 2.05) is 6.07 Å². The molecule has 0 bridgehead atoms. The molecule has 10 heteroatoms. The molecule has 0 radical (unpaired) electrons. The zero-order valence-electron chi connectivity index (χ0n) is 18.3. The minimum atomic E-state index is -0.392. The number of nitrogens with zero attached hydrogens (tertiary/aromatic N) is 1. The average Bonchev–Trinajstić information content (AvgIpc) is 3.27. The van der Waals surface area contributed by atoms with E-state index in [2.05, 4.69) is 16.0 Å². The summed E-state index contributed by atoms with van der Waals surface area (Å²) in [5, 5.41) is 16.4. The minimum Gasteiger partial charge on any atom is -0.398 e. The van der Waals surface area contributed by atoms with E-state index in [9.17, 15) is 14.4 Å². The van der Waals surface area contributed by atoms with Crippen molar-refractivity contribution in [1.82, 2.24) is 20.9 Å². The van der Waals surface area contributed by atoms with Gasteiger partial charge < -0.3 is 32.0 Å². The van der Waals surface area contributed by atoms with Crippen LogP contribution in [0.3, 0.4) is 0 Å². The molecule has 174 valence electrons. The third kappa shape index (κ3) is 5.40. The molecule has 9 nitrogen and oxygen atoms in total. The van der Waals surface area contributed by atoms with Gasteiger partial charge in [-0.25, -0.2) is 0 Å². The van der Waals surface area contributed by atoms with Crippen molar-refractivity contribution in [2.24, 2.45) is 0 Å². The molecule has 3 amide bonds. The summed E-state index contributed by atoms with van der Waals surface area (Å²) < 4.78 is 0. The molecule has 4 rings (SSSR count). The Labute approximate surface area is 196 Å². The number of hydrogen-bond donors (Lipinski definition) is 5. The lowest BCUT2D eigenvalue weighted by Gasteiger charge is -2.27. The van der Waals surface area contributed by atoms with Crippen LogP contribution in [-0.4, -0.2) is 61.1 Å². The van der Waals surface area contributed by atoms with Crippen LogP contribution in [0.15, 0.2) is 24.3 Å². The van der Waals surface area contributed by atoms with Crippen molar-refractivity contribution < 1.29 is 14.4 Å². The van der Waals surface area contributed by atoms with Crippen LogP contribution in [0.25, 0.3) is 0 Å². The van der Waals surface area contributed by atoms with E-state index in [-0.39, 0.29) is 24.4 Å². The molecule has 1 saturated heterocycles. The summed E-state index contributed by atoms with van der Waals surface area (Å²) in [6, 6.07) is 6.75. The molecule has 1 aromatic carbocycles. The second-order valence-electron chi connectivity index (χ2n) is 8.29. The number of fused-ring (bicyclic) bond motifs is 1. The Morgan fingerprint density at radius 2 is 2.00 bits per heavy atom.